The minimum Gasteiger partial charge on any atom is -0.465 e. The summed E-state index contributed by atoms with van der Waals surface area (Å²) in [5.74, 6) is -2.35. The summed E-state index contributed by atoms with van der Waals surface area (Å²) in [4.78, 5) is 14.0. The van der Waals surface area contributed by atoms with E-state index in [4.69, 9.17) is 11.6 Å². The molecule has 0 aliphatic rings. The first-order valence-electron chi connectivity index (χ1n) is 3.69. The summed E-state index contributed by atoms with van der Waals surface area (Å²) in [5, 5.41) is -0.510. The molecule has 0 bridgehead atoms. The predicted molar refractivity (Wildman–Crippen MR) is 45.5 cm³/mol. The largest absolute Gasteiger partial charge is 0.465 e. The van der Waals surface area contributed by atoms with Crippen molar-refractivity contribution in [1.82, 2.24) is 4.98 Å². The van der Waals surface area contributed by atoms with Crippen LogP contribution in [0.2, 0.25) is 5.15 Å². The molecule has 0 spiro atoms. The molecule has 0 aliphatic carbocycles. The Morgan fingerprint density at radius 3 is 2.67 bits per heavy atom. The Labute approximate surface area is 87.8 Å². The van der Waals surface area contributed by atoms with Crippen molar-refractivity contribution in [3.8, 4) is 0 Å². The van der Waals surface area contributed by atoms with Gasteiger partial charge in [0.05, 0.1) is 18.2 Å². The van der Waals surface area contributed by atoms with Gasteiger partial charge in [-0.15, -0.1) is 0 Å². The first kappa shape index (κ1) is 11.8. The molecule has 7 heteroatoms. The number of pyridine rings is 1. The maximum Gasteiger partial charge on any atom is 0.341 e. The lowest BCUT2D eigenvalue weighted by atomic mass is 10.2. The summed E-state index contributed by atoms with van der Waals surface area (Å²) in [5.41, 5.74) is -1.38. The Kier molecular flexibility index (Phi) is 3.52. The lowest BCUT2D eigenvalue weighted by Crippen LogP contribution is -2.07. The molecule has 15 heavy (non-hydrogen) atoms. The fourth-order valence-electron chi connectivity index (χ4n) is 0.892. The first-order chi connectivity index (χ1) is 6.97. The van der Waals surface area contributed by atoms with E-state index < -0.39 is 34.6 Å². The van der Waals surface area contributed by atoms with Crippen molar-refractivity contribution >= 4 is 17.6 Å². The van der Waals surface area contributed by atoms with E-state index in [2.05, 4.69) is 9.72 Å². The molecule has 0 atom stereocenters. The Hall–Kier alpha value is -1.30. The fraction of sp³-hybridized carbons (Fsp3) is 0.250. The number of ether oxygens (including phenoxy) is 1. The molecule has 0 aromatic carbocycles. The second kappa shape index (κ2) is 4.48. The van der Waals surface area contributed by atoms with Crippen molar-refractivity contribution in [1.29, 1.82) is 0 Å². The molecule has 1 heterocycles. The molecule has 0 aliphatic heterocycles. The van der Waals surface area contributed by atoms with E-state index in [-0.39, 0.29) is 0 Å². The molecule has 82 valence electrons. The van der Waals surface area contributed by atoms with E-state index in [1.165, 1.54) is 0 Å². The third kappa shape index (κ3) is 2.38. The number of hydrogen-bond acceptors (Lipinski definition) is 3. The molecule has 1 aromatic rings. The lowest BCUT2D eigenvalue weighted by molar-refractivity contribution is 0.0599. The standard InChI is InChI=1S/C8H5ClF3NO2/c1-15-8(14)3-2-4(6(10)11)7(12)13-5(3)9/h2,6H,1H3. The van der Waals surface area contributed by atoms with Gasteiger partial charge in [0.2, 0.25) is 5.95 Å². The van der Waals surface area contributed by atoms with E-state index in [1.54, 1.807) is 0 Å². The van der Waals surface area contributed by atoms with Crippen LogP contribution in [0.5, 0.6) is 0 Å². The molecule has 3 nitrogen and oxygen atoms in total. The van der Waals surface area contributed by atoms with Crippen LogP contribution in [0.3, 0.4) is 0 Å². The van der Waals surface area contributed by atoms with Crippen LogP contribution in [-0.2, 0) is 4.74 Å². The second-order valence-electron chi connectivity index (χ2n) is 2.50. The van der Waals surface area contributed by atoms with Gasteiger partial charge in [-0.05, 0) is 6.07 Å². The highest BCUT2D eigenvalue weighted by atomic mass is 35.5. The molecule has 0 saturated heterocycles. The van der Waals surface area contributed by atoms with Gasteiger partial charge in [0.25, 0.3) is 6.43 Å². The summed E-state index contributed by atoms with van der Waals surface area (Å²) in [6.45, 7) is 0. The normalized spacial score (nSPS) is 10.5. The highest BCUT2D eigenvalue weighted by Crippen LogP contribution is 2.25. The Morgan fingerprint density at radius 1 is 1.60 bits per heavy atom. The van der Waals surface area contributed by atoms with Gasteiger partial charge in [-0.25, -0.2) is 18.6 Å². The third-order valence-electron chi connectivity index (χ3n) is 1.60. The van der Waals surface area contributed by atoms with Crippen molar-refractivity contribution in [3.05, 3.63) is 28.3 Å². The number of rotatable bonds is 2. The minimum absolute atomic E-state index is 0.393. The van der Waals surface area contributed by atoms with Gasteiger partial charge in [0.1, 0.15) is 5.15 Å². The van der Waals surface area contributed by atoms with Crippen molar-refractivity contribution in [2.24, 2.45) is 0 Å². The zero-order valence-corrected chi connectivity index (χ0v) is 8.19. The molecule has 0 saturated carbocycles. The maximum atomic E-state index is 12.8. The van der Waals surface area contributed by atoms with Gasteiger partial charge in [-0.3, -0.25) is 0 Å². The first-order valence-corrected chi connectivity index (χ1v) is 4.07. The minimum atomic E-state index is -3.07. The van der Waals surface area contributed by atoms with Crippen molar-refractivity contribution in [2.75, 3.05) is 7.11 Å². The smallest absolute Gasteiger partial charge is 0.341 e. The van der Waals surface area contributed by atoms with Crippen LogP contribution in [0.1, 0.15) is 22.3 Å². The Bertz CT molecular complexity index is 398. The molecule has 1 rings (SSSR count). The summed E-state index contributed by atoms with van der Waals surface area (Å²) in [6, 6.07) is 0.626. The number of nitrogens with zero attached hydrogens (tertiary/aromatic N) is 1. The number of alkyl halides is 2. The number of halogens is 4. The maximum absolute atomic E-state index is 12.8. The lowest BCUT2D eigenvalue weighted by Gasteiger charge is -2.05. The number of aromatic nitrogens is 1. The van der Waals surface area contributed by atoms with Crippen LogP contribution in [0.25, 0.3) is 0 Å². The van der Waals surface area contributed by atoms with Crippen molar-refractivity contribution in [2.45, 2.75) is 6.43 Å². The van der Waals surface area contributed by atoms with E-state index in [9.17, 15) is 18.0 Å². The van der Waals surface area contributed by atoms with Crippen LogP contribution in [-0.4, -0.2) is 18.1 Å². The quantitative estimate of drug-likeness (QED) is 0.588. The Balaban J connectivity index is 3.29. The van der Waals surface area contributed by atoms with Crippen LogP contribution >= 0.6 is 11.6 Å². The predicted octanol–water partition coefficient (Wildman–Crippen LogP) is 2.60. The van der Waals surface area contributed by atoms with Crippen LogP contribution < -0.4 is 0 Å². The van der Waals surface area contributed by atoms with E-state index >= 15 is 0 Å². The Morgan fingerprint density at radius 2 is 2.20 bits per heavy atom. The number of methoxy groups -OCH3 is 1. The summed E-state index contributed by atoms with van der Waals surface area (Å²) in [6.07, 6.45) is -3.07. The molecular formula is C8H5ClF3NO2. The zero-order valence-electron chi connectivity index (χ0n) is 7.43. The molecule has 1 aromatic heterocycles. The molecule has 0 amide bonds. The zero-order chi connectivity index (χ0) is 11.6. The summed E-state index contributed by atoms with van der Waals surface area (Å²) in [7, 11) is 1.05. The SMILES string of the molecule is COC(=O)c1cc(C(F)F)c(F)nc1Cl. The summed E-state index contributed by atoms with van der Waals surface area (Å²) < 4.78 is 41.5. The number of esters is 1. The van der Waals surface area contributed by atoms with Crippen molar-refractivity contribution in [3.63, 3.8) is 0 Å². The van der Waals surface area contributed by atoms with Crippen LogP contribution in [0, 0.1) is 5.95 Å². The van der Waals surface area contributed by atoms with Gasteiger partial charge in [-0.1, -0.05) is 11.6 Å². The van der Waals surface area contributed by atoms with Crippen LogP contribution in [0.15, 0.2) is 6.07 Å². The highest BCUT2D eigenvalue weighted by molar-refractivity contribution is 6.32. The van der Waals surface area contributed by atoms with E-state index in [1.807, 2.05) is 0 Å². The summed E-state index contributed by atoms with van der Waals surface area (Å²) >= 11 is 5.38. The molecule has 0 fully saturated rings. The molecular weight excluding hydrogens is 235 g/mol. The molecule has 0 N–H and O–H groups in total. The molecule has 0 unspecified atom stereocenters. The average molecular weight is 240 g/mol. The van der Waals surface area contributed by atoms with Gasteiger partial charge < -0.3 is 4.74 Å². The highest BCUT2D eigenvalue weighted by Gasteiger charge is 2.21. The number of hydrogen-bond donors (Lipinski definition) is 0. The number of carbonyl (C=O) groups excluding carboxylic acids is 1. The third-order valence-corrected chi connectivity index (χ3v) is 1.89. The topological polar surface area (TPSA) is 39.2 Å². The monoisotopic (exact) mass is 239 g/mol. The van der Waals surface area contributed by atoms with Gasteiger partial charge in [0, 0.05) is 0 Å². The average Bonchev–Trinajstić information content (AvgIpc) is 2.16. The van der Waals surface area contributed by atoms with Gasteiger partial charge in [0.15, 0.2) is 0 Å². The van der Waals surface area contributed by atoms with Crippen molar-refractivity contribution < 1.29 is 22.7 Å². The second-order valence-corrected chi connectivity index (χ2v) is 2.86. The fourth-order valence-corrected chi connectivity index (χ4v) is 1.10. The van der Waals surface area contributed by atoms with E-state index in [0.717, 1.165) is 7.11 Å². The van der Waals surface area contributed by atoms with E-state index in [0.29, 0.717) is 6.07 Å². The van der Waals surface area contributed by atoms with Gasteiger partial charge >= 0.3 is 5.97 Å². The molecule has 0 radical (unpaired) electrons. The van der Waals surface area contributed by atoms with Gasteiger partial charge in [-0.2, -0.15) is 4.39 Å². The number of carbonyl (C=O) groups is 1. The van der Waals surface area contributed by atoms with Crippen LogP contribution in [0.4, 0.5) is 13.2 Å².